The minimum Gasteiger partial charge on any atom is -0.440 e. The van der Waals surface area contributed by atoms with Gasteiger partial charge in [0.1, 0.15) is 0 Å². The molecule has 2 aromatic heterocycles. The Hall–Kier alpha value is -1.13. The van der Waals surface area contributed by atoms with E-state index in [4.69, 9.17) is 4.42 Å². The van der Waals surface area contributed by atoms with Gasteiger partial charge < -0.3 is 9.73 Å². The lowest BCUT2D eigenvalue weighted by Gasteiger charge is -1.96. The van der Waals surface area contributed by atoms with E-state index in [1.807, 2.05) is 6.20 Å². The predicted molar refractivity (Wildman–Crippen MR) is 66.8 cm³/mol. The molecule has 0 aliphatic carbocycles. The van der Waals surface area contributed by atoms with Gasteiger partial charge in [0.25, 0.3) is 0 Å². The third-order valence-electron chi connectivity index (χ3n) is 2.30. The smallest absolute Gasteiger partial charge is 0.196 e. The summed E-state index contributed by atoms with van der Waals surface area (Å²) < 4.78 is 5.69. The van der Waals surface area contributed by atoms with Crippen molar-refractivity contribution in [3.8, 4) is 10.6 Å². The molecule has 0 aliphatic heterocycles. The summed E-state index contributed by atoms with van der Waals surface area (Å²) in [7, 11) is 0. The highest BCUT2D eigenvalue weighted by Crippen LogP contribution is 2.27. The van der Waals surface area contributed by atoms with Crippen LogP contribution in [-0.2, 0) is 6.42 Å². The lowest BCUT2D eigenvalue weighted by Crippen LogP contribution is -2.16. The monoisotopic (exact) mass is 236 g/mol. The van der Waals surface area contributed by atoms with Crippen LogP contribution in [0.2, 0.25) is 0 Å². The second-order valence-electron chi connectivity index (χ2n) is 3.63. The van der Waals surface area contributed by atoms with Crippen LogP contribution in [0.15, 0.2) is 22.7 Å². The van der Waals surface area contributed by atoms with E-state index >= 15 is 0 Å². The zero-order valence-corrected chi connectivity index (χ0v) is 10.4. The normalized spacial score (nSPS) is 10.9. The van der Waals surface area contributed by atoms with E-state index in [0.717, 1.165) is 36.0 Å². The fourth-order valence-corrected chi connectivity index (χ4v) is 2.29. The third kappa shape index (κ3) is 2.71. The summed E-state index contributed by atoms with van der Waals surface area (Å²) in [6, 6.07) is 4.18. The first-order valence-corrected chi connectivity index (χ1v) is 6.33. The van der Waals surface area contributed by atoms with Crippen LogP contribution in [0.1, 0.15) is 17.7 Å². The zero-order chi connectivity index (χ0) is 11.4. The van der Waals surface area contributed by atoms with Gasteiger partial charge in [0.15, 0.2) is 11.7 Å². The standard InChI is InChI=1S/C12H16N2OS/c1-3-13-7-6-12-14-8-10(15-12)11-5-4-9(2)16-11/h4-5,8,13H,3,6-7H2,1-2H3. The van der Waals surface area contributed by atoms with E-state index < -0.39 is 0 Å². The Kier molecular flexibility index (Phi) is 3.74. The van der Waals surface area contributed by atoms with Crippen molar-refractivity contribution in [1.29, 1.82) is 0 Å². The number of rotatable bonds is 5. The molecule has 1 N–H and O–H groups in total. The predicted octanol–water partition coefficient (Wildman–Crippen LogP) is 2.86. The number of thiophene rings is 1. The molecule has 0 saturated carbocycles. The first-order valence-electron chi connectivity index (χ1n) is 5.52. The minimum atomic E-state index is 0.807. The summed E-state index contributed by atoms with van der Waals surface area (Å²) in [4.78, 5) is 6.72. The van der Waals surface area contributed by atoms with Crippen LogP contribution in [0.5, 0.6) is 0 Å². The Bertz CT molecular complexity index is 447. The molecule has 4 heteroatoms. The number of aromatic nitrogens is 1. The van der Waals surface area contributed by atoms with Crippen molar-refractivity contribution in [2.24, 2.45) is 0 Å². The van der Waals surface area contributed by atoms with Crippen LogP contribution >= 0.6 is 11.3 Å². The molecule has 2 rings (SSSR count). The van der Waals surface area contributed by atoms with Gasteiger partial charge in [0.05, 0.1) is 11.1 Å². The molecule has 16 heavy (non-hydrogen) atoms. The molecule has 0 aliphatic rings. The Morgan fingerprint density at radius 3 is 3.00 bits per heavy atom. The van der Waals surface area contributed by atoms with Crippen LogP contribution in [-0.4, -0.2) is 18.1 Å². The molecule has 0 bridgehead atoms. The van der Waals surface area contributed by atoms with Crippen molar-refractivity contribution in [1.82, 2.24) is 10.3 Å². The Balaban J connectivity index is 2.02. The van der Waals surface area contributed by atoms with E-state index in [9.17, 15) is 0 Å². The van der Waals surface area contributed by atoms with Gasteiger partial charge in [-0.25, -0.2) is 4.98 Å². The van der Waals surface area contributed by atoms with Gasteiger partial charge in [0, 0.05) is 17.8 Å². The number of hydrogen-bond acceptors (Lipinski definition) is 4. The van der Waals surface area contributed by atoms with Crippen molar-refractivity contribution in [2.45, 2.75) is 20.3 Å². The number of nitrogens with one attached hydrogen (secondary N) is 1. The molecular weight excluding hydrogens is 220 g/mol. The SMILES string of the molecule is CCNCCc1ncc(-c2ccc(C)s2)o1. The van der Waals surface area contributed by atoms with Crippen LogP contribution < -0.4 is 5.32 Å². The number of likely N-dealkylation sites (N-methyl/N-ethyl adjacent to an activating group) is 1. The topological polar surface area (TPSA) is 38.1 Å². The second-order valence-corrected chi connectivity index (χ2v) is 4.92. The second kappa shape index (κ2) is 5.27. The molecule has 3 nitrogen and oxygen atoms in total. The molecule has 0 saturated heterocycles. The molecule has 0 aromatic carbocycles. The van der Waals surface area contributed by atoms with Crippen molar-refractivity contribution in [2.75, 3.05) is 13.1 Å². The Morgan fingerprint density at radius 2 is 2.31 bits per heavy atom. The van der Waals surface area contributed by atoms with Crippen molar-refractivity contribution in [3.63, 3.8) is 0 Å². The number of nitrogens with zero attached hydrogens (tertiary/aromatic N) is 1. The maximum atomic E-state index is 5.69. The van der Waals surface area contributed by atoms with Gasteiger partial charge in [0.2, 0.25) is 0 Å². The minimum absolute atomic E-state index is 0.807. The maximum absolute atomic E-state index is 5.69. The molecule has 0 unspecified atom stereocenters. The van der Waals surface area contributed by atoms with Crippen molar-refractivity contribution >= 4 is 11.3 Å². The van der Waals surface area contributed by atoms with E-state index in [1.54, 1.807) is 11.3 Å². The summed E-state index contributed by atoms with van der Waals surface area (Å²) >= 11 is 1.73. The lowest BCUT2D eigenvalue weighted by molar-refractivity contribution is 0.498. The number of oxazole rings is 1. The van der Waals surface area contributed by atoms with Crippen LogP contribution in [0, 0.1) is 6.92 Å². The molecular formula is C12H16N2OS. The highest BCUT2D eigenvalue weighted by Gasteiger charge is 2.07. The lowest BCUT2D eigenvalue weighted by atomic mass is 10.4. The van der Waals surface area contributed by atoms with Gasteiger partial charge in [-0.3, -0.25) is 0 Å². The molecule has 0 amide bonds. The van der Waals surface area contributed by atoms with Crippen LogP contribution in [0.3, 0.4) is 0 Å². The van der Waals surface area contributed by atoms with Gasteiger partial charge in [-0.2, -0.15) is 0 Å². The van der Waals surface area contributed by atoms with Gasteiger partial charge in [-0.05, 0) is 25.6 Å². The fraction of sp³-hybridized carbons (Fsp3) is 0.417. The summed E-state index contributed by atoms with van der Waals surface area (Å²) in [6.45, 7) is 6.09. The quantitative estimate of drug-likeness (QED) is 0.811. The summed E-state index contributed by atoms with van der Waals surface area (Å²) in [5.41, 5.74) is 0. The molecule has 0 spiro atoms. The fourth-order valence-electron chi connectivity index (χ4n) is 1.48. The van der Waals surface area contributed by atoms with E-state index in [2.05, 4.69) is 36.3 Å². The van der Waals surface area contributed by atoms with E-state index in [0.29, 0.717) is 0 Å². The first-order chi connectivity index (χ1) is 7.79. The molecule has 0 radical (unpaired) electrons. The van der Waals surface area contributed by atoms with E-state index in [-0.39, 0.29) is 0 Å². The van der Waals surface area contributed by atoms with Crippen LogP contribution in [0.25, 0.3) is 10.6 Å². The average molecular weight is 236 g/mol. The van der Waals surface area contributed by atoms with Crippen molar-refractivity contribution < 1.29 is 4.42 Å². The number of hydrogen-bond donors (Lipinski definition) is 1. The van der Waals surface area contributed by atoms with Gasteiger partial charge >= 0.3 is 0 Å². The maximum Gasteiger partial charge on any atom is 0.196 e. The van der Waals surface area contributed by atoms with Gasteiger partial charge in [-0.15, -0.1) is 11.3 Å². The van der Waals surface area contributed by atoms with E-state index in [1.165, 1.54) is 4.88 Å². The molecule has 0 atom stereocenters. The molecule has 2 aromatic rings. The first kappa shape index (κ1) is 11.4. The summed E-state index contributed by atoms with van der Waals surface area (Å²) in [5, 5.41) is 3.25. The largest absolute Gasteiger partial charge is 0.440 e. The third-order valence-corrected chi connectivity index (χ3v) is 3.32. The summed E-state index contributed by atoms with van der Waals surface area (Å²) in [5.74, 6) is 1.69. The Morgan fingerprint density at radius 1 is 1.44 bits per heavy atom. The molecule has 0 fully saturated rings. The van der Waals surface area contributed by atoms with Crippen LogP contribution in [0.4, 0.5) is 0 Å². The van der Waals surface area contributed by atoms with Crippen molar-refractivity contribution in [3.05, 3.63) is 29.1 Å². The average Bonchev–Trinajstić information content (AvgIpc) is 2.87. The highest BCUT2D eigenvalue weighted by atomic mass is 32.1. The highest BCUT2D eigenvalue weighted by molar-refractivity contribution is 7.15. The molecule has 86 valence electrons. The van der Waals surface area contributed by atoms with Gasteiger partial charge in [-0.1, -0.05) is 6.92 Å². The molecule has 2 heterocycles. The summed E-state index contributed by atoms with van der Waals surface area (Å²) in [6.07, 6.45) is 2.66. The number of aryl methyl sites for hydroxylation is 1. The zero-order valence-electron chi connectivity index (χ0n) is 9.62. The Labute approximate surface area is 99.5 Å².